The lowest BCUT2D eigenvalue weighted by Gasteiger charge is -2.36. The van der Waals surface area contributed by atoms with Crippen molar-refractivity contribution in [1.29, 1.82) is 0 Å². The van der Waals surface area contributed by atoms with Gasteiger partial charge in [-0.3, -0.25) is 4.90 Å². The summed E-state index contributed by atoms with van der Waals surface area (Å²) in [6.07, 6.45) is 5.41. The summed E-state index contributed by atoms with van der Waals surface area (Å²) < 4.78 is 6.64. The molecule has 0 amide bonds. The molecule has 2 aliphatic heterocycles. The molecule has 1 N–H and O–H groups in total. The summed E-state index contributed by atoms with van der Waals surface area (Å²) in [4.78, 5) is 2.60. The molecule has 1 aromatic carbocycles. The Hall–Kier alpha value is -0.580. The third-order valence-electron chi connectivity index (χ3n) is 4.85. The van der Waals surface area contributed by atoms with Gasteiger partial charge >= 0.3 is 0 Å². The number of halogens is 1. The van der Waals surface area contributed by atoms with E-state index in [4.69, 9.17) is 4.74 Å². The maximum atomic E-state index is 5.51. The van der Waals surface area contributed by atoms with Crippen LogP contribution in [0.15, 0.2) is 22.7 Å². The monoisotopic (exact) mass is 352 g/mol. The van der Waals surface area contributed by atoms with Crippen LogP contribution in [0.2, 0.25) is 0 Å². The first-order valence-corrected chi connectivity index (χ1v) is 8.83. The zero-order valence-electron chi connectivity index (χ0n) is 12.8. The molecule has 3 rings (SSSR count). The molecule has 2 aliphatic rings. The van der Waals surface area contributed by atoms with Crippen molar-refractivity contribution in [1.82, 2.24) is 10.2 Å². The summed E-state index contributed by atoms with van der Waals surface area (Å²) in [6.45, 7) is 4.62. The normalized spacial score (nSPS) is 27.0. The number of piperidine rings is 1. The van der Waals surface area contributed by atoms with Crippen molar-refractivity contribution >= 4 is 15.9 Å². The van der Waals surface area contributed by atoms with Gasteiger partial charge in [0.25, 0.3) is 0 Å². The Labute approximate surface area is 136 Å². The molecule has 21 heavy (non-hydrogen) atoms. The molecule has 2 saturated heterocycles. The first-order valence-electron chi connectivity index (χ1n) is 8.04. The van der Waals surface area contributed by atoms with Gasteiger partial charge in [0.05, 0.1) is 7.11 Å². The Morgan fingerprint density at radius 1 is 1.33 bits per heavy atom. The molecule has 0 bridgehead atoms. The fraction of sp³-hybridized carbons (Fsp3) is 0.647. The second-order valence-electron chi connectivity index (χ2n) is 6.30. The van der Waals surface area contributed by atoms with Gasteiger partial charge < -0.3 is 10.1 Å². The van der Waals surface area contributed by atoms with E-state index in [1.54, 1.807) is 7.11 Å². The molecule has 0 saturated carbocycles. The molecule has 116 valence electrons. The molecule has 4 heteroatoms. The molecular weight excluding hydrogens is 328 g/mol. The van der Waals surface area contributed by atoms with Gasteiger partial charge in [-0.15, -0.1) is 0 Å². The van der Waals surface area contributed by atoms with Crippen LogP contribution in [0.4, 0.5) is 0 Å². The van der Waals surface area contributed by atoms with Crippen molar-refractivity contribution in [2.24, 2.45) is 5.92 Å². The van der Waals surface area contributed by atoms with Crippen molar-refractivity contribution in [3.63, 3.8) is 0 Å². The number of hydrogen-bond donors (Lipinski definition) is 1. The molecule has 2 fully saturated rings. The summed E-state index contributed by atoms with van der Waals surface area (Å²) in [5.41, 5.74) is 1.28. The van der Waals surface area contributed by atoms with Crippen molar-refractivity contribution in [2.75, 3.05) is 26.7 Å². The van der Waals surface area contributed by atoms with Gasteiger partial charge in [-0.2, -0.15) is 0 Å². The predicted molar refractivity (Wildman–Crippen MR) is 89.7 cm³/mol. The number of ether oxygens (including phenoxy) is 1. The largest absolute Gasteiger partial charge is 0.496 e. The quantitative estimate of drug-likeness (QED) is 0.898. The second-order valence-corrected chi connectivity index (χ2v) is 7.21. The lowest BCUT2D eigenvalue weighted by atomic mass is 9.89. The van der Waals surface area contributed by atoms with Gasteiger partial charge in [0.15, 0.2) is 0 Å². The van der Waals surface area contributed by atoms with Crippen LogP contribution >= 0.6 is 15.9 Å². The van der Waals surface area contributed by atoms with Crippen LogP contribution in [0.25, 0.3) is 0 Å². The zero-order chi connectivity index (χ0) is 14.7. The van der Waals surface area contributed by atoms with E-state index in [2.05, 4.69) is 38.3 Å². The molecule has 2 heterocycles. The summed E-state index contributed by atoms with van der Waals surface area (Å²) in [6, 6.07) is 7.04. The van der Waals surface area contributed by atoms with Crippen LogP contribution in [-0.2, 0) is 6.54 Å². The highest BCUT2D eigenvalue weighted by molar-refractivity contribution is 9.10. The Balaban J connectivity index is 1.65. The Morgan fingerprint density at radius 3 is 3.00 bits per heavy atom. The SMILES string of the molecule is COc1ccc(Br)cc1CN1CCCC(C2CCCN2)C1. The van der Waals surface area contributed by atoms with Gasteiger partial charge in [0, 0.05) is 29.2 Å². The summed E-state index contributed by atoms with van der Waals surface area (Å²) in [7, 11) is 1.76. The van der Waals surface area contributed by atoms with Gasteiger partial charge in [-0.25, -0.2) is 0 Å². The molecule has 0 aliphatic carbocycles. The number of benzene rings is 1. The molecule has 2 unspecified atom stereocenters. The number of methoxy groups -OCH3 is 1. The maximum Gasteiger partial charge on any atom is 0.123 e. The van der Waals surface area contributed by atoms with E-state index in [9.17, 15) is 0 Å². The molecule has 3 nitrogen and oxygen atoms in total. The van der Waals surface area contributed by atoms with Crippen LogP contribution in [0, 0.1) is 5.92 Å². The van der Waals surface area contributed by atoms with E-state index in [-0.39, 0.29) is 0 Å². The van der Waals surface area contributed by atoms with Crippen molar-refractivity contribution in [2.45, 2.75) is 38.3 Å². The Morgan fingerprint density at radius 2 is 2.24 bits per heavy atom. The first-order chi connectivity index (χ1) is 10.3. The lowest BCUT2D eigenvalue weighted by molar-refractivity contribution is 0.144. The highest BCUT2D eigenvalue weighted by Gasteiger charge is 2.29. The fourth-order valence-corrected chi connectivity index (χ4v) is 4.20. The number of nitrogens with zero attached hydrogens (tertiary/aromatic N) is 1. The number of likely N-dealkylation sites (tertiary alicyclic amines) is 1. The minimum atomic E-state index is 0.747. The van der Waals surface area contributed by atoms with Crippen LogP contribution in [-0.4, -0.2) is 37.7 Å². The molecule has 0 radical (unpaired) electrons. The van der Waals surface area contributed by atoms with E-state index < -0.39 is 0 Å². The highest BCUT2D eigenvalue weighted by atomic mass is 79.9. The first kappa shape index (κ1) is 15.3. The molecular formula is C17H25BrN2O. The third kappa shape index (κ3) is 3.79. The van der Waals surface area contributed by atoms with Crippen LogP contribution in [0.1, 0.15) is 31.2 Å². The van der Waals surface area contributed by atoms with Crippen LogP contribution in [0.5, 0.6) is 5.75 Å². The van der Waals surface area contributed by atoms with Crippen molar-refractivity contribution in [3.8, 4) is 5.75 Å². The van der Waals surface area contributed by atoms with E-state index in [1.165, 1.54) is 50.9 Å². The molecule has 0 aromatic heterocycles. The number of hydrogen-bond acceptors (Lipinski definition) is 3. The minimum absolute atomic E-state index is 0.747. The third-order valence-corrected chi connectivity index (χ3v) is 5.34. The molecule has 1 aromatic rings. The van der Waals surface area contributed by atoms with Crippen LogP contribution in [0.3, 0.4) is 0 Å². The second kappa shape index (κ2) is 7.12. The predicted octanol–water partition coefficient (Wildman–Crippen LogP) is 3.42. The van der Waals surface area contributed by atoms with E-state index in [1.807, 2.05) is 6.07 Å². The van der Waals surface area contributed by atoms with E-state index in [0.29, 0.717) is 0 Å². The Kier molecular flexibility index (Phi) is 5.19. The number of rotatable bonds is 4. The standard InChI is InChI=1S/C17H25BrN2O/c1-21-17-7-6-15(18)10-14(17)12-20-9-3-4-13(11-20)16-5-2-8-19-16/h6-7,10,13,16,19H,2-5,8-9,11-12H2,1H3. The topological polar surface area (TPSA) is 24.5 Å². The molecule has 0 spiro atoms. The van der Waals surface area contributed by atoms with Gasteiger partial charge in [0.1, 0.15) is 5.75 Å². The van der Waals surface area contributed by atoms with Crippen LogP contribution < -0.4 is 10.1 Å². The average Bonchev–Trinajstić information content (AvgIpc) is 3.02. The fourth-order valence-electron chi connectivity index (χ4n) is 3.79. The molecule has 2 atom stereocenters. The average molecular weight is 353 g/mol. The van der Waals surface area contributed by atoms with Gasteiger partial charge in [-0.1, -0.05) is 15.9 Å². The summed E-state index contributed by atoms with van der Waals surface area (Å²) in [5.74, 6) is 1.82. The maximum absolute atomic E-state index is 5.51. The Bertz CT molecular complexity index is 474. The van der Waals surface area contributed by atoms with E-state index in [0.717, 1.165) is 28.7 Å². The number of nitrogens with one attached hydrogen (secondary N) is 1. The minimum Gasteiger partial charge on any atom is -0.496 e. The highest BCUT2D eigenvalue weighted by Crippen LogP contribution is 2.28. The lowest BCUT2D eigenvalue weighted by Crippen LogP contribution is -2.43. The zero-order valence-corrected chi connectivity index (χ0v) is 14.4. The van der Waals surface area contributed by atoms with Gasteiger partial charge in [0.2, 0.25) is 0 Å². The van der Waals surface area contributed by atoms with Gasteiger partial charge in [-0.05, 0) is 62.9 Å². The van der Waals surface area contributed by atoms with E-state index >= 15 is 0 Å². The summed E-state index contributed by atoms with van der Waals surface area (Å²) >= 11 is 3.57. The van der Waals surface area contributed by atoms with Crippen molar-refractivity contribution in [3.05, 3.63) is 28.2 Å². The van der Waals surface area contributed by atoms with Crippen molar-refractivity contribution < 1.29 is 4.74 Å². The smallest absolute Gasteiger partial charge is 0.123 e. The summed E-state index contributed by atoms with van der Waals surface area (Å²) in [5, 5.41) is 3.68.